The van der Waals surface area contributed by atoms with E-state index in [1.54, 1.807) is 22.2 Å². The molecular weight excluding hydrogens is 414 g/mol. The Morgan fingerprint density at radius 3 is 2.45 bits per heavy atom. The number of amides is 1. The number of ether oxygens (including phenoxy) is 1. The lowest BCUT2D eigenvalue weighted by molar-refractivity contribution is 0.0296. The first-order valence-corrected chi connectivity index (χ1v) is 12.6. The van der Waals surface area contributed by atoms with Gasteiger partial charge in [-0.05, 0) is 68.7 Å². The third kappa shape index (κ3) is 5.28. The zero-order valence-corrected chi connectivity index (χ0v) is 19.6. The highest BCUT2D eigenvalue weighted by Crippen LogP contribution is 2.29. The molecule has 31 heavy (non-hydrogen) atoms. The van der Waals surface area contributed by atoms with Crippen molar-refractivity contribution in [2.45, 2.75) is 63.8 Å². The maximum absolute atomic E-state index is 13.5. The number of rotatable bonds is 6. The van der Waals surface area contributed by atoms with E-state index >= 15 is 0 Å². The molecule has 8 heteroatoms. The van der Waals surface area contributed by atoms with Gasteiger partial charge in [0.15, 0.2) is 0 Å². The molecule has 7 nitrogen and oxygen atoms in total. The second-order valence-corrected chi connectivity index (χ2v) is 10.7. The summed E-state index contributed by atoms with van der Waals surface area (Å²) in [5.74, 6) is 0.310. The fourth-order valence-corrected chi connectivity index (χ4v) is 6.16. The van der Waals surface area contributed by atoms with Crippen LogP contribution in [0, 0.1) is 31.1 Å². The Hall–Kier alpha value is -1.95. The van der Waals surface area contributed by atoms with Crippen LogP contribution in [0.15, 0.2) is 17.0 Å². The molecule has 0 unspecified atom stereocenters. The molecule has 170 valence electrons. The highest BCUT2D eigenvalue weighted by atomic mass is 32.2. The molecule has 2 aliphatic rings. The summed E-state index contributed by atoms with van der Waals surface area (Å²) in [4.78, 5) is 15.4. The summed E-state index contributed by atoms with van der Waals surface area (Å²) in [5, 5.41) is 9.06. The van der Waals surface area contributed by atoms with Crippen LogP contribution in [-0.2, 0) is 14.8 Å². The van der Waals surface area contributed by atoms with Gasteiger partial charge < -0.3 is 9.64 Å². The van der Waals surface area contributed by atoms with Crippen molar-refractivity contribution < 1.29 is 17.9 Å². The quantitative estimate of drug-likeness (QED) is 0.668. The van der Waals surface area contributed by atoms with Crippen molar-refractivity contribution in [3.8, 4) is 6.07 Å². The number of carbonyl (C=O) groups excluding carboxylic acids is 1. The van der Waals surface area contributed by atoms with Crippen LogP contribution in [0.1, 0.15) is 60.5 Å². The first-order valence-electron chi connectivity index (χ1n) is 11.1. The predicted octanol–water partition coefficient (Wildman–Crippen LogP) is 3.26. The van der Waals surface area contributed by atoms with E-state index < -0.39 is 10.0 Å². The minimum atomic E-state index is -3.67. The highest BCUT2D eigenvalue weighted by molar-refractivity contribution is 7.89. The molecule has 0 aromatic heterocycles. The molecule has 2 saturated heterocycles. The number of nitrogens with zero attached hydrogens (tertiary/aromatic N) is 3. The van der Waals surface area contributed by atoms with Gasteiger partial charge in [0, 0.05) is 44.5 Å². The summed E-state index contributed by atoms with van der Waals surface area (Å²) in [6.45, 7) is 8.31. The summed E-state index contributed by atoms with van der Waals surface area (Å²) in [6, 6.07) is 5.43. The summed E-state index contributed by atoms with van der Waals surface area (Å²) >= 11 is 0. The standard InChI is InChI=1S/C23H33N3O4S/c1-17-5-11-25(12-6-17)31(28,29)22-16-20(15-18(2)19(22)3)23(27)26(10-4-9-24)21-7-13-30-14-8-21/h15-17,21H,4-8,10-14H2,1-3H3. The van der Waals surface area contributed by atoms with E-state index in [1.807, 2.05) is 6.92 Å². The zero-order chi connectivity index (χ0) is 22.6. The number of piperidine rings is 1. The van der Waals surface area contributed by atoms with Crippen LogP contribution in [0.25, 0.3) is 0 Å². The van der Waals surface area contributed by atoms with E-state index in [1.165, 1.54) is 6.07 Å². The Labute approximate surface area is 186 Å². The molecule has 0 atom stereocenters. The van der Waals surface area contributed by atoms with Gasteiger partial charge in [-0.2, -0.15) is 9.57 Å². The van der Waals surface area contributed by atoms with Gasteiger partial charge >= 0.3 is 0 Å². The Kier molecular flexibility index (Phi) is 7.73. The van der Waals surface area contributed by atoms with Crippen molar-refractivity contribution in [3.05, 3.63) is 28.8 Å². The van der Waals surface area contributed by atoms with Gasteiger partial charge in [-0.15, -0.1) is 0 Å². The van der Waals surface area contributed by atoms with E-state index in [4.69, 9.17) is 10.00 Å². The average molecular weight is 448 g/mol. The molecule has 0 N–H and O–H groups in total. The first-order chi connectivity index (χ1) is 14.8. The maximum Gasteiger partial charge on any atom is 0.254 e. The van der Waals surface area contributed by atoms with Gasteiger partial charge in [0.25, 0.3) is 5.91 Å². The molecule has 0 saturated carbocycles. The molecule has 2 aliphatic heterocycles. The zero-order valence-electron chi connectivity index (χ0n) is 18.8. The van der Waals surface area contributed by atoms with Crippen LogP contribution < -0.4 is 0 Å². The summed E-state index contributed by atoms with van der Waals surface area (Å²) in [7, 11) is -3.67. The van der Waals surface area contributed by atoms with Gasteiger partial charge in [0.1, 0.15) is 0 Å². The van der Waals surface area contributed by atoms with Crippen LogP contribution in [0.4, 0.5) is 0 Å². The number of carbonyl (C=O) groups is 1. The molecule has 0 spiro atoms. The Morgan fingerprint density at radius 1 is 1.19 bits per heavy atom. The van der Waals surface area contributed by atoms with Crippen molar-refractivity contribution in [3.63, 3.8) is 0 Å². The van der Waals surface area contributed by atoms with Crippen molar-refractivity contribution in [2.24, 2.45) is 5.92 Å². The number of benzene rings is 1. The Balaban J connectivity index is 1.95. The van der Waals surface area contributed by atoms with E-state index in [0.717, 1.165) is 31.2 Å². The lowest BCUT2D eigenvalue weighted by Gasteiger charge is -2.34. The minimum Gasteiger partial charge on any atom is -0.381 e. The van der Waals surface area contributed by atoms with Crippen molar-refractivity contribution in [2.75, 3.05) is 32.8 Å². The van der Waals surface area contributed by atoms with Gasteiger partial charge in [-0.1, -0.05) is 6.92 Å². The van der Waals surface area contributed by atoms with E-state index in [2.05, 4.69) is 13.0 Å². The lowest BCUT2D eigenvalue weighted by atomic mass is 10.0. The third-order valence-corrected chi connectivity index (χ3v) is 8.61. The van der Waals surface area contributed by atoms with E-state index in [9.17, 15) is 13.2 Å². The average Bonchev–Trinajstić information content (AvgIpc) is 2.76. The molecule has 1 aromatic carbocycles. The number of sulfonamides is 1. The minimum absolute atomic E-state index is 0.000140. The largest absolute Gasteiger partial charge is 0.381 e. The normalized spacial score (nSPS) is 19.2. The molecular formula is C23H33N3O4S. The fourth-order valence-electron chi connectivity index (χ4n) is 4.37. The summed E-state index contributed by atoms with van der Waals surface area (Å²) < 4.78 is 33.8. The third-order valence-electron chi connectivity index (χ3n) is 6.58. The maximum atomic E-state index is 13.5. The van der Waals surface area contributed by atoms with Crippen LogP contribution in [0.3, 0.4) is 0 Å². The highest BCUT2D eigenvalue weighted by Gasteiger charge is 2.32. The van der Waals surface area contributed by atoms with Gasteiger partial charge in [0.05, 0.1) is 17.4 Å². The van der Waals surface area contributed by atoms with Crippen molar-refractivity contribution in [1.29, 1.82) is 5.26 Å². The summed E-state index contributed by atoms with van der Waals surface area (Å²) in [6.07, 6.45) is 3.38. The van der Waals surface area contributed by atoms with Crippen molar-refractivity contribution >= 4 is 15.9 Å². The fraction of sp³-hybridized carbons (Fsp3) is 0.652. The number of hydrogen-bond acceptors (Lipinski definition) is 5. The number of aryl methyl sites for hydroxylation is 1. The van der Waals surface area contributed by atoms with Crippen LogP contribution in [0.2, 0.25) is 0 Å². The number of nitriles is 1. The van der Waals surface area contributed by atoms with Gasteiger partial charge in [-0.25, -0.2) is 8.42 Å². The van der Waals surface area contributed by atoms with Crippen LogP contribution in [-0.4, -0.2) is 62.4 Å². The lowest BCUT2D eigenvalue weighted by Crippen LogP contribution is -2.44. The second-order valence-electron chi connectivity index (χ2n) is 8.75. The smallest absolute Gasteiger partial charge is 0.254 e. The molecule has 2 fully saturated rings. The monoisotopic (exact) mass is 447 g/mol. The van der Waals surface area contributed by atoms with E-state index in [0.29, 0.717) is 49.9 Å². The number of hydrogen-bond donors (Lipinski definition) is 0. The SMILES string of the molecule is Cc1cc(C(=O)N(CCC#N)C2CCOCC2)cc(S(=O)(=O)N2CCC(C)CC2)c1C. The molecule has 1 amide bonds. The summed E-state index contributed by atoms with van der Waals surface area (Å²) in [5.41, 5.74) is 1.84. The molecule has 0 bridgehead atoms. The molecule has 1 aromatic rings. The Morgan fingerprint density at radius 2 is 1.84 bits per heavy atom. The molecule has 0 aliphatic carbocycles. The van der Waals surface area contributed by atoms with Crippen LogP contribution >= 0.6 is 0 Å². The topological polar surface area (TPSA) is 90.7 Å². The second kappa shape index (κ2) is 10.1. The van der Waals surface area contributed by atoms with Gasteiger partial charge in [-0.3, -0.25) is 4.79 Å². The molecule has 3 rings (SSSR count). The van der Waals surface area contributed by atoms with Crippen LogP contribution in [0.5, 0.6) is 0 Å². The predicted molar refractivity (Wildman–Crippen MR) is 118 cm³/mol. The first kappa shape index (κ1) is 23.7. The molecule has 2 heterocycles. The van der Waals surface area contributed by atoms with Crippen molar-refractivity contribution in [1.82, 2.24) is 9.21 Å². The van der Waals surface area contributed by atoms with E-state index in [-0.39, 0.29) is 23.3 Å². The molecule has 0 radical (unpaired) electrons. The van der Waals surface area contributed by atoms with Gasteiger partial charge in [0.2, 0.25) is 10.0 Å². The Bertz CT molecular complexity index is 940.